The zero-order chi connectivity index (χ0) is 12.0. The van der Waals surface area contributed by atoms with Gasteiger partial charge in [0.25, 0.3) is 0 Å². The van der Waals surface area contributed by atoms with Crippen molar-refractivity contribution in [3.8, 4) is 0 Å². The molecule has 0 spiro atoms. The van der Waals surface area contributed by atoms with Crippen LogP contribution >= 0.6 is 0 Å². The molecule has 1 aliphatic heterocycles. The number of methoxy groups -OCH3 is 1. The van der Waals surface area contributed by atoms with Crippen LogP contribution in [-0.2, 0) is 4.74 Å². The van der Waals surface area contributed by atoms with Gasteiger partial charge in [-0.1, -0.05) is 19.9 Å². The molecule has 1 unspecified atom stereocenters. The fourth-order valence-corrected chi connectivity index (χ4v) is 2.34. The molecule has 0 aromatic heterocycles. The molecule has 3 heteroatoms. The number of rotatable bonds is 6. The van der Waals surface area contributed by atoms with Gasteiger partial charge in [0.2, 0.25) is 0 Å². The number of ether oxygens (including phenoxy) is 1. The normalized spacial score (nSPS) is 19.9. The summed E-state index contributed by atoms with van der Waals surface area (Å²) < 4.78 is 5.17. The smallest absolute Gasteiger partial charge is 0.0673 e. The number of nitrogens with one attached hydrogen (secondary N) is 1. The van der Waals surface area contributed by atoms with E-state index in [0.29, 0.717) is 12.0 Å². The van der Waals surface area contributed by atoms with Crippen LogP contribution in [0.5, 0.6) is 0 Å². The lowest BCUT2D eigenvalue weighted by Gasteiger charge is -2.36. The van der Waals surface area contributed by atoms with E-state index in [9.17, 15) is 0 Å². The Balaban J connectivity index is 2.49. The molecule has 16 heavy (non-hydrogen) atoms. The zero-order valence-corrected chi connectivity index (χ0v) is 11.1. The van der Waals surface area contributed by atoms with Crippen LogP contribution in [0.3, 0.4) is 0 Å². The Morgan fingerprint density at radius 2 is 2.25 bits per heavy atom. The van der Waals surface area contributed by atoms with Crippen molar-refractivity contribution in [2.45, 2.75) is 26.3 Å². The summed E-state index contributed by atoms with van der Waals surface area (Å²) in [5.41, 5.74) is 1.45. The van der Waals surface area contributed by atoms with Gasteiger partial charge in [0.05, 0.1) is 6.61 Å². The van der Waals surface area contributed by atoms with E-state index in [1.807, 2.05) is 7.05 Å². The highest BCUT2D eigenvalue weighted by Crippen LogP contribution is 2.17. The number of hydrogen-bond donors (Lipinski definition) is 1. The third-order valence-corrected chi connectivity index (χ3v) is 3.32. The third kappa shape index (κ3) is 3.89. The first-order valence-corrected chi connectivity index (χ1v) is 6.24. The average Bonchev–Trinajstić information content (AvgIpc) is 2.27. The van der Waals surface area contributed by atoms with E-state index >= 15 is 0 Å². The molecule has 0 fully saturated rings. The molecule has 0 amide bonds. The maximum absolute atomic E-state index is 5.17. The van der Waals surface area contributed by atoms with Crippen molar-refractivity contribution < 1.29 is 4.74 Å². The van der Waals surface area contributed by atoms with E-state index in [1.165, 1.54) is 12.1 Å². The Bertz CT molecular complexity index is 226. The molecule has 0 radical (unpaired) electrons. The van der Waals surface area contributed by atoms with E-state index < -0.39 is 0 Å². The summed E-state index contributed by atoms with van der Waals surface area (Å²) in [7, 11) is 3.80. The monoisotopic (exact) mass is 226 g/mol. The number of hydrogen-bond acceptors (Lipinski definition) is 3. The molecule has 0 bridgehead atoms. The van der Waals surface area contributed by atoms with Gasteiger partial charge in [-0.05, 0) is 25.0 Å². The van der Waals surface area contributed by atoms with Gasteiger partial charge in [0, 0.05) is 32.8 Å². The second-order valence-corrected chi connectivity index (χ2v) is 4.91. The first kappa shape index (κ1) is 13.7. The van der Waals surface area contributed by atoms with Gasteiger partial charge < -0.3 is 10.1 Å². The Kier molecular flexibility index (Phi) is 6.03. The van der Waals surface area contributed by atoms with Gasteiger partial charge in [-0.2, -0.15) is 0 Å². The highest BCUT2D eigenvalue weighted by atomic mass is 16.5. The van der Waals surface area contributed by atoms with Crippen molar-refractivity contribution >= 4 is 0 Å². The van der Waals surface area contributed by atoms with Gasteiger partial charge in [0.15, 0.2) is 0 Å². The van der Waals surface area contributed by atoms with Crippen LogP contribution in [0.2, 0.25) is 0 Å². The number of nitrogens with zero attached hydrogens (tertiary/aromatic N) is 1. The molecule has 0 aliphatic carbocycles. The van der Waals surface area contributed by atoms with Crippen LogP contribution in [0.25, 0.3) is 0 Å². The molecule has 0 aromatic carbocycles. The van der Waals surface area contributed by atoms with Crippen molar-refractivity contribution in [1.29, 1.82) is 0 Å². The largest absolute Gasteiger partial charge is 0.380 e. The molecule has 1 N–H and O–H groups in total. The van der Waals surface area contributed by atoms with E-state index in [1.54, 1.807) is 7.11 Å². The first-order chi connectivity index (χ1) is 7.69. The van der Waals surface area contributed by atoms with Crippen molar-refractivity contribution in [1.82, 2.24) is 10.2 Å². The van der Waals surface area contributed by atoms with Gasteiger partial charge in [0.1, 0.15) is 0 Å². The molecule has 1 atom stereocenters. The average molecular weight is 226 g/mol. The number of likely N-dealkylation sites (N-methyl/N-ethyl adjacent to an activating group) is 1. The second kappa shape index (κ2) is 7.05. The summed E-state index contributed by atoms with van der Waals surface area (Å²) in [4.78, 5) is 2.57. The summed E-state index contributed by atoms with van der Waals surface area (Å²) in [6.45, 7) is 8.72. The summed E-state index contributed by atoms with van der Waals surface area (Å²) in [5, 5.41) is 3.30. The first-order valence-electron chi connectivity index (χ1n) is 6.24. The van der Waals surface area contributed by atoms with Crippen molar-refractivity contribution in [3.05, 3.63) is 11.6 Å². The summed E-state index contributed by atoms with van der Waals surface area (Å²) in [6, 6.07) is 0.644. The molecule has 0 saturated heterocycles. The lowest BCUT2D eigenvalue weighted by atomic mass is 9.99. The van der Waals surface area contributed by atoms with E-state index in [2.05, 4.69) is 30.1 Å². The van der Waals surface area contributed by atoms with E-state index in [0.717, 1.165) is 26.1 Å². The third-order valence-electron chi connectivity index (χ3n) is 3.32. The highest BCUT2D eigenvalue weighted by Gasteiger charge is 2.22. The van der Waals surface area contributed by atoms with Crippen LogP contribution < -0.4 is 5.32 Å². The molecule has 1 aliphatic rings. The van der Waals surface area contributed by atoms with Gasteiger partial charge in [-0.3, -0.25) is 4.90 Å². The van der Waals surface area contributed by atoms with Crippen LogP contribution in [0.4, 0.5) is 0 Å². The fraction of sp³-hybridized carbons (Fsp3) is 0.846. The van der Waals surface area contributed by atoms with Gasteiger partial charge in [-0.25, -0.2) is 0 Å². The molecule has 0 aromatic rings. The maximum atomic E-state index is 5.17. The molecule has 1 rings (SSSR count). The van der Waals surface area contributed by atoms with E-state index in [4.69, 9.17) is 4.74 Å². The minimum absolute atomic E-state index is 0.644. The predicted octanol–water partition coefficient (Wildman–Crippen LogP) is 1.51. The van der Waals surface area contributed by atoms with E-state index in [-0.39, 0.29) is 0 Å². The van der Waals surface area contributed by atoms with Crippen LogP contribution in [0, 0.1) is 5.92 Å². The van der Waals surface area contributed by atoms with Gasteiger partial charge in [-0.15, -0.1) is 0 Å². The topological polar surface area (TPSA) is 24.5 Å². The fourth-order valence-electron chi connectivity index (χ4n) is 2.34. The minimum atomic E-state index is 0.644. The highest BCUT2D eigenvalue weighted by molar-refractivity contribution is 5.08. The summed E-state index contributed by atoms with van der Waals surface area (Å²) >= 11 is 0. The summed E-state index contributed by atoms with van der Waals surface area (Å²) in [6.07, 6.45) is 3.48. The molecular formula is C13H26N2O. The minimum Gasteiger partial charge on any atom is -0.380 e. The SMILES string of the molecule is CNCC(C(C)C)N1CC=C(COC)CC1. The Morgan fingerprint density at radius 3 is 2.69 bits per heavy atom. The van der Waals surface area contributed by atoms with Crippen molar-refractivity contribution in [3.63, 3.8) is 0 Å². The van der Waals surface area contributed by atoms with Crippen LogP contribution in [-0.4, -0.2) is 51.3 Å². The molecule has 3 nitrogen and oxygen atoms in total. The summed E-state index contributed by atoms with van der Waals surface area (Å²) in [5.74, 6) is 0.699. The predicted molar refractivity (Wildman–Crippen MR) is 68.7 cm³/mol. The Labute approximate surface area is 99.8 Å². The maximum Gasteiger partial charge on any atom is 0.0673 e. The van der Waals surface area contributed by atoms with Crippen LogP contribution in [0.15, 0.2) is 11.6 Å². The lowest BCUT2D eigenvalue weighted by Crippen LogP contribution is -2.46. The van der Waals surface area contributed by atoms with Gasteiger partial charge >= 0.3 is 0 Å². The van der Waals surface area contributed by atoms with Crippen molar-refractivity contribution in [2.24, 2.45) is 5.92 Å². The lowest BCUT2D eigenvalue weighted by molar-refractivity contribution is 0.156. The molecule has 0 saturated carbocycles. The van der Waals surface area contributed by atoms with Crippen LogP contribution in [0.1, 0.15) is 20.3 Å². The quantitative estimate of drug-likeness (QED) is 0.695. The Hall–Kier alpha value is -0.380. The Morgan fingerprint density at radius 1 is 1.50 bits per heavy atom. The molecule has 94 valence electrons. The standard InChI is InChI=1S/C13H26N2O/c1-11(2)13(9-14-3)15-7-5-12(6-8-15)10-16-4/h5,11,13-14H,6-10H2,1-4H3. The zero-order valence-electron chi connectivity index (χ0n) is 11.1. The van der Waals surface area contributed by atoms with Crippen molar-refractivity contribution in [2.75, 3.05) is 40.4 Å². The molecular weight excluding hydrogens is 200 g/mol. The molecule has 1 heterocycles. The second-order valence-electron chi connectivity index (χ2n) is 4.91.